The normalized spacial score (nSPS) is 14.8. The molecule has 0 bridgehead atoms. The van der Waals surface area contributed by atoms with E-state index in [9.17, 15) is 4.79 Å². The first kappa shape index (κ1) is 15.0. The van der Waals surface area contributed by atoms with Crippen molar-refractivity contribution in [2.24, 2.45) is 0 Å². The van der Waals surface area contributed by atoms with Crippen LogP contribution in [-0.2, 0) is 0 Å². The summed E-state index contributed by atoms with van der Waals surface area (Å²) in [5, 5.41) is 6.20. The van der Waals surface area contributed by atoms with Gasteiger partial charge in [0.1, 0.15) is 17.8 Å². The molecule has 0 radical (unpaired) electrons. The zero-order valence-corrected chi connectivity index (χ0v) is 13.6. The van der Waals surface area contributed by atoms with Crippen molar-refractivity contribution in [3.05, 3.63) is 46.8 Å². The summed E-state index contributed by atoms with van der Waals surface area (Å²) in [5.41, 5.74) is 1.09. The number of carbonyl (C=O) groups is 1. The molecule has 6 heteroatoms. The Kier molecular flexibility index (Phi) is 4.68. The van der Waals surface area contributed by atoms with Crippen molar-refractivity contribution in [1.82, 2.24) is 9.97 Å². The Labute approximate surface area is 137 Å². The monoisotopic (exact) mass is 360 g/mol. The maximum Gasteiger partial charge on any atom is 0.274 e. The van der Waals surface area contributed by atoms with Crippen molar-refractivity contribution in [3.63, 3.8) is 0 Å². The number of benzene rings is 1. The van der Waals surface area contributed by atoms with Gasteiger partial charge in [-0.1, -0.05) is 28.8 Å². The first-order chi connectivity index (χ1) is 10.7. The molecule has 0 spiro atoms. The van der Waals surface area contributed by atoms with Crippen LogP contribution in [-0.4, -0.2) is 21.9 Å². The molecule has 2 aromatic rings. The third kappa shape index (κ3) is 3.82. The number of aromatic nitrogens is 2. The molecule has 3 rings (SSSR count). The number of rotatable bonds is 4. The Bertz CT molecular complexity index is 653. The highest BCUT2D eigenvalue weighted by atomic mass is 79.9. The van der Waals surface area contributed by atoms with Gasteiger partial charge in [0, 0.05) is 22.3 Å². The van der Waals surface area contributed by atoms with Crippen LogP contribution in [0.2, 0.25) is 0 Å². The third-order valence-electron chi connectivity index (χ3n) is 3.71. The molecule has 0 unspecified atom stereocenters. The van der Waals surface area contributed by atoms with E-state index in [-0.39, 0.29) is 5.91 Å². The van der Waals surface area contributed by atoms with Gasteiger partial charge in [-0.05, 0) is 37.1 Å². The Morgan fingerprint density at radius 1 is 1.14 bits per heavy atom. The second-order valence-electron chi connectivity index (χ2n) is 5.38. The van der Waals surface area contributed by atoms with Crippen LogP contribution < -0.4 is 10.6 Å². The molecule has 0 aliphatic heterocycles. The summed E-state index contributed by atoms with van der Waals surface area (Å²) in [4.78, 5) is 20.5. The van der Waals surface area contributed by atoms with Crippen LogP contribution >= 0.6 is 15.9 Å². The van der Waals surface area contributed by atoms with E-state index in [1.54, 1.807) is 6.07 Å². The summed E-state index contributed by atoms with van der Waals surface area (Å²) in [6.45, 7) is 0. The molecule has 1 aliphatic carbocycles. The molecular weight excluding hydrogens is 344 g/mol. The summed E-state index contributed by atoms with van der Waals surface area (Å²) in [5.74, 6) is 0.474. The van der Waals surface area contributed by atoms with Gasteiger partial charge in [0.25, 0.3) is 5.91 Å². The van der Waals surface area contributed by atoms with E-state index in [2.05, 4.69) is 36.5 Å². The van der Waals surface area contributed by atoms with Crippen molar-refractivity contribution in [1.29, 1.82) is 0 Å². The van der Waals surface area contributed by atoms with E-state index in [1.165, 1.54) is 19.2 Å². The van der Waals surface area contributed by atoms with Gasteiger partial charge in [-0.15, -0.1) is 0 Å². The summed E-state index contributed by atoms with van der Waals surface area (Å²) in [6, 6.07) is 9.58. The van der Waals surface area contributed by atoms with Crippen LogP contribution in [0.1, 0.15) is 36.2 Å². The van der Waals surface area contributed by atoms with Crippen molar-refractivity contribution in [3.8, 4) is 0 Å². The largest absolute Gasteiger partial charge is 0.367 e. The van der Waals surface area contributed by atoms with Crippen LogP contribution in [0, 0.1) is 0 Å². The first-order valence-corrected chi connectivity index (χ1v) is 8.15. The highest BCUT2D eigenvalue weighted by Crippen LogP contribution is 2.21. The molecule has 0 atom stereocenters. The van der Waals surface area contributed by atoms with Gasteiger partial charge < -0.3 is 10.6 Å². The zero-order valence-electron chi connectivity index (χ0n) is 12.1. The second kappa shape index (κ2) is 6.87. The number of halogens is 1. The number of amides is 1. The Morgan fingerprint density at radius 3 is 2.59 bits per heavy atom. The lowest BCUT2D eigenvalue weighted by Crippen LogP contribution is -2.18. The molecule has 1 heterocycles. The average molecular weight is 361 g/mol. The highest BCUT2D eigenvalue weighted by Gasteiger charge is 2.16. The van der Waals surface area contributed by atoms with Crippen LogP contribution in [0.3, 0.4) is 0 Å². The van der Waals surface area contributed by atoms with Gasteiger partial charge in [-0.2, -0.15) is 0 Å². The van der Waals surface area contributed by atoms with Crippen LogP contribution in [0.5, 0.6) is 0 Å². The average Bonchev–Trinajstić information content (AvgIpc) is 3.03. The number of nitrogens with zero attached hydrogens (tertiary/aromatic N) is 2. The fraction of sp³-hybridized carbons (Fsp3) is 0.312. The quantitative estimate of drug-likeness (QED) is 0.868. The molecule has 1 fully saturated rings. The molecule has 1 aromatic carbocycles. The molecule has 22 heavy (non-hydrogen) atoms. The van der Waals surface area contributed by atoms with E-state index in [4.69, 9.17) is 0 Å². The van der Waals surface area contributed by atoms with Crippen molar-refractivity contribution >= 4 is 33.3 Å². The molecule has 1 aromatic heterocycles. The van der Waals surface area contributed by atoms with E-state index >= 15 is 0 Å². The number of anilines is 2. The predicted molar refractivity (Wildman–Crippen MR) is 90.0 cm³/mol. The number of nitrogens with one attached hydrogen (secondary N) is 2. The van der Waals surface area contributed by atoms with Gasteiger partial charge in [-0.25, -0.2) is 9.97 Å². The van der Waals surface area contributed by atoms with Crippen molar-refractivity contribution in [2.45, 2.75) is 31.7 Å². The lowest BCUT2D eigenvalue weighted by molar-refractivity contribution is 0.102. The Morgan fingerprint density at radius 2 is 1.86 bits per heavy atom. The summed E-state index contributed by atoms with van der Waals surface area (Å²) in [6.07, 6.45) is 6.24. The molecular formula is C16H17BrN4O. The predicted octanol–water partition coefficient (Wildman–Crippen LogP) is 3.85. The number of carbonyl (C=O) groups excluding carboxylic acids is 1. The molecule has 5 nitrogen and oxygen atoms in total. The van der Waals surface area contributed by atoms with Gasteiger partial charge in [0.05, 0.1) is 0 Å². The summed E-state index contributed by atoms with van der Waals surface area (Å²) < 4.78 is 0.968. The topological polar surface area (TPSA) is 66.9 Å². The van der Waals surface area contributed by atoms with Crippen LogP contribution in [0.25, 0.3) is 0 Å². The number of hydrogen-bond acceptors (Lipinski definition) is 4. The zero-order chi connectivity index (χ0) is 15.4. The fourth-order valence-electron chi connectivity index (χ4n) is 2.57. The van der Waals surface area contributed by atoms with Crippen molar-refractivity contribution in [2.75, 3.05) is 10.6 Å². The van der Waals surface area contributed by atoms with Gasteiger partial charge >= 0.3 is 0 Å². The van der Waals surface area contributed by atoms with Gasteiger partial charge in [0.2, 0.25) is 0 Å². The SMILES string of the molecule is O=C(Nc1ccc(Br)cc1)c1cc(NC2CCCC2)ncn1. The first-order valence-electron chi connectivity index (χ1n) is 7.36. The molecule has 114 valence electrons. The maximum atomic E-state index is 12.2. The minimum absolute atomic E-state index is 0.237. The second-order valence-corrected chi connectivity index (χ2v) is 6.29. The Balaban J connectivity index is 1.67. The van der Waals surface area contributed by atoms with Crippen molar-refractivity contribution < 1.29 is 4.79 Å². The lowest BCUT2D eigenvalue weighted by atomic mass is 10.2. The maximum absolute atomic E-state index is 12.2. The molecule has 1 aliphatic rings. The lowest BCUT2D eigenvalue weighted by Gasteiger charge is -2.12. The Hall–Kier alpha value is -1.95. The van der Waals surface area contributed by atoms with Crippen LogP contribution in [0.4, 0.5) is 11.5 Å². The summed E-state index contributed by atoms with van der Waals surface area (Å²) >= 11 is 3.37. The number of hydrogen-bond donors (Lipinski definition) is 2. The van der Waals surface area contributed by atoms with E-state index in [0.29, 0.717) is 17.6 Å². The van der Waals surface area contributed by atoms with E-state index in [0.717, 1.165) is 23.0 Å². The highest BCUT2D eigenvalue weighted by molar-refractivity contribution is 9.10. The molecule has 1 saturated carbocycles. The minimum atomic E-state index is -0.237. The van der Waals surface area contributed by atoms with Gasteiger partial charge in [0.15, 0.2) is 0 Å². The third-order valence-corrected chi connectivity index (χ3v) is 4.24. The molecule has 0 saturated heterocycles. The summed E-state index contributed by atoms with van der Waals surface area (Å²) in [7, 11) is 0. The van der Waals surface area contributed by atoms with E-state index < -0.39 is 0 Å². The smallest absolute Gasteiger partial charge is 0.274 e. The minimum Gasteiger partial charge on any atom is -0.367 e. The molecule has 1 amide bonds. The van der Waals surface area contributed by atoms with Gasteiger partial charge in [-0.3, -0.25) is 4.79 Å². The van der Waals surface area contributed by atoms with Crippen LogP contribution in [0.15, 0.2) is 41.1 Å². The van der Waals surface area contributed by atoms with E-state index in [1.807, 2.05) is 24.3 Å². The fourth-order valence-corrected chi connectivity index (χ4v) is 2.83. The molecule has 2 N–H and O–H groups in total. The standard InChI is InChI=1S/C16H17BrN4O/c17-11-5-7-13(8-6-11)21-16(22)14-9-15(19-10-18-14)20-12-3-1-2-4-12/h5-10,12H,1-4H2,(H,21,22)(H,18,19,20).